The Bertz CT molecular complexity index is 524. The summed E-state index contributed by atoms with van der Waals surface area (Å²) in [5, 5.41) is 24.5. The first-order valence-electron chi connectivity index (χ1n) is 12.3. The Morgan fingerprint density at radius 3 is 1.31 bits per heavy atom. The molecule has 0 aliphatic heterocycles. The molecule has 0 aliphatic rings. The van der Waals surface area contributed by atoms with Gasteiger partial charge in [0.1, 0.15) is 0 Å². The summed E-state index contributed by atoms with van der Waals surface area (Å²) in [5.41, 5.74) is -0.303. The quantitative estimate of drug-likeness (QED) is 0.123. The molecule has 0 aromatic rings. The average molecular weight is 455 g/mol. The number of allylic oxidation sites excluding steroid dienone is 1. The van der Waals surface area contributed by atoms with Gasteiger partial charge in [-0.1, -0.05) is 116 Å². The molecular formula is C26H46O6. The Morgan fingerprint density at radius 2 is 1.03 bits per heavy atom. The van der Waals surface area contributed by atoms with Crippen molar-refractivity contribution in [3.63, 3.8) is 0 Å². The number of unbranched alkanes of at least 4 members (excludes halogenated alkanes) is 16. The van der Waals surface area contributed by atoms with Crippen molar-refractivity contribution in [2.75, 3.05) is 0 Å². The number of carboxylic acid groups (broad SMARTS) is 3. The maximum Gasteiger partial charge on any atom is 0.331 e. The van der Waals surface area contributed by atoms with Crippen LogP contribution in [0.5, 0.6) is 0 Å². The fourth-order valence-corrected chi connectivity index (χ4v) is 3.25. The maximum atomic E-state index is 10.3. The molecule has 0 rings (SSSR count). The monoisotopic (exact) mass is 454 g/mol. The van der Waals surface area contributed by atoms with Gasteiger partial charge in [0.2, 0.25) is 0 Å². The van der Waals surface area contributed by atoms with Gasteiger partial charge in [-0.15, -0.1) is 0 Å². The van der Waals surface area contributed by atoms with Crippen LogP contribution in [0.1, 0.15) is 122 Å². The molecule has 0 radical (unpaired) electrons. The second-order valence-electron chi connectivity index (χ2n) is 8.31. The molecule has 0 heterocycles. The van der Waals surface area contributed by atoms with Crippen LogP contribution >= 0.6 is 0 Å². The Labute approximate surface area is 194 Å². The summed E-state index contributed by atoms with van der Waals surface area (Å²) in [6, 6.07) is 0. The largest absolute Gasteiger partial charge is 0.481 e. The van der Waals surface area contributed by atoms with Gasteiger partial charge < -0.3 is 15.3 Å². The molecule has 6 heteroatoms. The molecule has 32 heavy (non-hydrogen) atoms. The molecule has 0 bridgehead atoms. The molecule has 186 valence electrons. The van der Waals surface area contributed by atoms with E-state index in [-0.39, 0.29) is 5.57 Å². The second kappa shape index (κ2) is 25.2. The number of hydrogen-bond donors (Lipinski definition) is 3. The fraction of sp³-hybridized carbons (Fsp3) is 0.731. The molecule has 0 atom stereocenters. The van der Waals surface area contributed by atoms with Crippen LogP contribution in [0.15, 0.2) is 24.3 Å². The van der Waals surface area contributed by atoms with Crippen molar-refractivity contribution in [1.82, 2.24) is 0 Å². The van der Waals surface area contributed by atoms with Crippen LogP contribution in [-0.4, -0.2) is 33.2 Å². The van der Waals surface area contributed by atoms with E-state index in [0.29, 0.717) is 0 Å². The molecule has 0 amide bonds. The standard InChI is InChI=1S/C21H40O2.C5H6O4/c1-2-3-4-5-6-7-8-9-10-11-12-13-14-15-16-17-18-19-20-21(22)23;1-3(5(8)9)2-4(6)7/h19-20H,2-18H2,1H3,(H,22,23);1-2H2,(H,6,7)(H,8,9). The zero-order valence-corrected chi connectivity index (χ0v) is 20.2. The minimum Gasteiger partial charge on any atom is -0.481 e. The van der Waals surface area contributed by atoms with E-state index in [1.54, 1.807) is 6.08 Å². The molecule has 3 N–H and O–H groups in total. The molecule has 0 saturated heterocycles. The Morgan fingerprint density at radius 1 is 0.656 bits per heavy atom. The van der Waals surface area contributed by atoms with E-state index in [1.165, 1.54) is 102 Å². The van der Waals surface area contributed by atoms with Crippen molar-refractivity contribution >= 4 is 17.9 Å². The van der Waals surface area contributed by atoms with Gasteiger partial charge in [0.15, 0.2) is 0 Å². The van der Waals surface area contributed by atoms with E-state index in [4.69, 9.17) is 15.3 Å². The predicted molar refractivity (Wildman–Crippen MR) is 130 cm³/mol. The highest BCUT2D eigenvalue weighted by atomic mass is 16.4. The van der Waals surface area contributed by atoms with Crippen LogP contribution in [-0.2, 0) is 14.4 Å². The first kappa shape index (κ1) is 32.1. The van der Waals surface area contributed by atoms with E-state index in [1.807, 2.05) is 0 Å². The topological polar surface area (TPSA) is 112 Å². The van der Waals surface area contributed by atoms with Crippen LogP contribution in [0, 0.1) is 0 Å². The lowest BCUT2D eigenvalue weighted by Gasteiger charge is -2.03. The van der Waals surface area contributed by atoms with Crippen LogP contribution in [0.4, 0.5) is 0 Å². The van der Waals surface area contributed by atoms with Crippen molar-refractivity contribution in [2.24, 2.45) is 0 Å². The van der Waals surface area contributed by atoms with Crippen LogP contribution in [0.2, 0.25) is 0 Å². The van der Waals surface area contributed by atoms with E-state index in [0.717, 1.165) is 12.8 Å². The van der Waals surface area contributed by atoms with Gasteiger partial charge in [0, 0.05) is 11.6 Å². The highest BCUT2D eigenvalue weighted by molar-refractivity contribution is 5.91. The summed E-state index contributed by atoms with van der Waals surface area (Å²) in [7, 11) is 0. The Hall–Kier alpha value is -2.11. The normalized spacial score (nSPS) is 10.5. The van der Waals surface area contributed by atoms with Gasteiger partial charge >= 0.3 is 17.9 Å². The summed E-state index contributed by atoms with van der Waals surface area (Å²) >= 11 is 0. The molecule has 0 fully saturated rings. The SMILES string of the molecule is C=C(CC(=O)O)C(=O)O.CCCCCCCCCCCCCCCCCCC=CC(=O)O. The van der Waals surface area contributed by atoms with Crippen molar-refractivity contribution in [3.8, 4) is 0 Å². The molecule has 0 aromatic heterocycles. The van der Waals surface area contributed by atoms with E-state index < -0.39 is 24.3 Å². The lowest BCUT2D eigenvalue weighted by molar-refractivity contribution is -0.139. The number of hydrogen-bond acceptors (Lipinski definition) is 3. The minimum absolute atomic E-state index is 0.303. The lowest BCUT2D eigenvalue weighted by Crippen LogP contribution is -2.04. The van der Waals surface area contributed by atoms with E-state index in [9.17, 15) is 14.4 Å². The average Bonchev–Trinajstić information content (AvgIpc) is 2.72. The molecule has 0 saturated carbocycles. The summed E-state index contributed by atoms with van der Waals surface area (Å²) in [4.78, 5) is 29.9. The van der Waals surface area contributed by atoms with Gasteiger partial charge in [-0.3, -0.25) is 4.79 Å². The van der Waals surface area contributed by atoms with Crippen LogP contribution < -0.4 is 0 Å². The third-order valence-corrected chi connectivity index (χ3v) is 5.15. The third kappa shape index (κ3) is 30.1. The Balaban J connectivity index is 0. The second-order valence-corrected chi connectivity index (χ2v) is 8.31. The molecular weight excluding hydrogens is 408 g/mol. The van der Waals surface area contributed by atoms with Crippen molar-refractivity contribution < 1.29 is 29.7 Å². The number of aliphatic carboxylic acids is 3. The van der Waals surface area contributed by atoms with Crippen LogP contribution in [0.3, 0.4) is 0 Å². The first-order chi connectivity index (χ1) is 15.3. The lowest BCUT2D eigenvalue weighted by atomic mass is 10.0. The molecule has 0 aromatic carbocycles. The zero-order chi connectivity index (χ0) is 24.5. The molecule has 0 unspecified atom stereocenters. The molecule has 0 spiro atoms. The minimum atomic E-state index is -1.27. The van der Waals surface area contributed by atoms with E-state index >= 15 is 0 Å². The highest BCUT2D eigenvalue weighted by Gasteiger charge is 2.07. The van der Waals surface area contributed by atoms with Gasteiger partial charge in [-0.2, -0.15) is 0 Å². The third-order valence-electron chi connectivity index (χ3n) is 5.15. The van der Waals surface area contributed by atoms with E-state index in [2.05, 4.69) is 13.5 Å². The van der Waals surface area contributed by atoms with Crippen molar-refractivity contribution in [2.45, 2.75) is 122 Å². The number of rotatable bonds is 21. The van der Waals surface area contributed by atoms with Crippen molar-refractivity contribution in [3.05, 3.63) is 24.3 Å². The van der Waals surface area contributed by atoms with Gasteiger partial charge in [0.25, 0.3) is 0 Å². The summed E-state index contributed by atoms with van der Waals surface area (Å²) in [6.07, 6.45) is 25.5. The smallest absolute Gasteiger partial charge is 0.331 e. The number of carbonyl (C=O) groups is 3. The number of carboxylic acids is 3. The summed E-state index contributed by atoms with van der Waals surface area (Å²) in [6.45, 7) is 5.29. The van der Waals surface area contributed by atoms with Gasteiger partial charge in [-0.25, -0.2) is 9.59 Å². The zero-order valence-electron chi connectivity index (χ0n) is 20.2. The van der Waals surface area contributed by atoms with Gasteiger partial charge in [-0.05, 0) is 12.8 Å². The molecule has 0 aliphatic carbocycles. The predicted octanol–water partition coefficient (Wildman–Crippen LogP) is 7.38. The summed E-state index contributed by atoms with van der Waals surface area (Å²) in [5.74, 6) is -3.28. The summed E-state index contributed by atoms with van der Waals surface area (Å²) < 4.78 is 0. The van der Waals surface area contributed by atoms with Crippen LogP contribution in [0.25, 0.3) is 0 Å². The van der Waals surface area contributed by atoms with Gasteiger partial charge in [0.05, 0.1) is 6.42 Å². The highest BCUT2D eigenvalue weighted by Crippen LogP contribution is 2.14. The molecule has 6 nitrogen and oxygen atoms in total. The maximum absolute atomic E-state index is 10.3. The first-order valence-corrected chi connectivity index (χ1v) is 12.3. The fourth-order valence-electron chi connectivity index (χ4n) is 3.25. The Kier molecular flexibility index (Phi) is 25.2. The van der Waals surface area contributed by atoms with Crippen molar-refractivity contribution in [1.29, 1.82) is 0 Å².